The van der Waals surface area contributed by atoms with Crippen LogP contribution in [0.4, 0.5) is 4.39 Å². The van der Waals surface area contributed by atoms with Crippen molar-refractivity contribution < 1.29 is 13.9 Å². The summed E-state index contributed by atoms with van der Waals surface area (Å²) in [5, 5.41) is 0. The van der Waals surface area contributed by atoms with Gasteiger partial charge in [-0.1, -0.05) is 49.5 Å². The Labute approximate surface area is 114 Å². The first kappa shape index (κ1) is 14.2. The summed E-state index contributed by atoms with van der Waals surface area (Å²) in [5.41, 5.74) is -0.429. The topological polar surface area (TPSA) is 18.5 Å². The lowest BCUT2D eigenvalue weighted by Crippen LogP contribution is -2.40. The third-order valence-electron chi connectivity index (χ3n) is 3.46. The molecular formula is C16H21FO2. The van der Waals surface area contributed by atoms with Crippen molar-refractivity contribution in [3.63, 3.8) is 0 Å². The number of ether oxygens (including phenoxy) is 2. The van der Waals surface area contributed by atoms with Gasteiger partial charge in [0, 0.05) is 5.92 Å². The number of hydrogen-bond donors (Lipinski definition) is 0. The second kappa shape index (κ2) is 5.43. The molecule has 2 aliphatic carbocycles. The third-order valence-corrected chi connectivity index (χ3v) is 3.46. The van der Waals surface area contributed by atoms with E-state index in [0.717, 1.165) is 6.42 Å². The molecule has 0 aromatic heterocycles. The molecular weight excluding hydrogens is 243 g/mol. The molecule has 0 saturated heterocycles. The lowest BCUT2D eigenvalue weighted by atomic mass is 9.97. The molecule has 0 fully saturated rings. The van der Waals surface area contributed by atoms with Crippen LogP contribution in [0, 0.1) is 5.92 Å². The Kier molecular flexibility index (Phi) is 4.07. The molecule has 0 radical (unpaired) electrons. The van der Waals surface area contributed by atoms with E-state index in [9.17, 15) is 4.39 Å². The van der Waals surface area contributed by atoms with Crippen LogP contribution in [0.25, 0.3) is 0 Å². The van der Waals surface area contributed by atoms with Gasteiger partial charge in [-0.05, 0) is 26.3 Å². The molecule has 3 heteroatoms. The molecule has 0 N–H and O–H groups in total. The highest BCUT2D eigenvalue weighted by Gasteiger charge is 2.38. The lowest BCUT2D eigenvalue weighted by Gasteiger charge is -2.35. The fraction of sp³-hybridized carbons (Fsp3) is 0.500. The van der Waals surface area contributed by atoms with E-state index in [0.29, 0.717) is 0 Å². The Morgan fingerprint density at radius 3 is 2.53 bits per heavy atom. The zero-order valence-electron chi connectivity index (χ0n) is 11.7. The number of halogens is 1. The Hall–Kier alpha value is -1.19. The van der Waals surface area contributed by atoms with Crippen molar-refractivity contribution >= 4 is 0 Å². The number of allylic oxidation sites excluding steroid dienone is 4. The minimum Gasteiger partial charge on any atom is -0.342 e. The molecule has 0 spiro atoms. The smallest absolute Gasteiger partial charge is 0.236 e. The van der Waals surface area contributed by atoms with Crippen molar-refractivity contribution in [2.75, 3.05) is 0 Å². The molecule has 4 atom stereocenters. The van der Waals surface area contributed by atoms with Gasteiger partial charge >= 0.3 is 0 Å². The monoisotopic (exact) mass is 264 g/mol. The second-order valence-electron chi connectivity index (χ2n) is 5.34. The summed E-state index contributed by atoms with van der Waals surface area (Å²) in [7, 11) is 0. The van der Waals surface area contributed by atoms with Crippen LogP contribution >= 0.6 is 0 Å². The standard InChI is InChI=1S/C16H21FO2/c1-13-9-5-8-12-16(13,17)19-14(2)18-15(3)10-6-4-7-11-15/h4-10,12-14H,11H2,1-3H3. The minimum absolute atomic E-state index is 0.321. The predicted octanol–water partition coefficient (Wildman–Crippen LogP) is 4.07. The molecule has 2 nitrogen and oxygen atoms in total. The van der Waals surface area contributed by atoms with E-state index in [4.69, 9.17) is 9.47 Å². The highest BCUT2D eigenvalue weighted by molar-refractivity contribution is 5.19. The van der Waals surface area contributed by atoms with Crippen LogP contribution in [0.5, 0.6) is 0 Å². The van der Waals surface area contributed by atoms with Crippen LogP contribution in [0.3, 0.4) is 0 Å². The average Bonchev–Trinajstić information content (AvgIpc) is 2.33. The number of hydrogen-bond acceptors (Lipinski definition) is 2. The van der Waals surface area contributed by atoms with Crippen LogP contribution in [-0.4, -0.2) is 17.7 Å². The maximum atomic E-state index is 14.6. The van der Waals surface area contributed by atoms with Crippen molar-refractivity contribution in [1.82, 2.24) is 0 Å². The summed E-state index contributed by atoms with van der Waals surface area (Å²) >= 11 is 0. The highest BCUT2D eigenvalue weighted by Crippen LogP contribution is 2.33. The Morgan fingerprint density at radius 1 is 1.16 bits per heavy atom. The zero-order valence-corrected chi connectivity index (χ0v) is 11.7. The molecule has 0 saturated carbocycles. The van der Waals surface area contributed by atoms with Gasteiger partial charge in [-0.2, -0.15) is 0 Å². The Morgan fingerprint density at radius 2 is 1.89 bits per heavy atom. The fourth-order valence-corrected chi connectivity index (χ4v) is 2.30. The molecule has 0 aromatic rings. The summed E-state index contributed by atoms with van der Waals surface area (Å²) in [6.45, 7) is 5.49. The van der Waals surface area contributed by atoms with E-state index in [1.54, 1.807) is 26.0 Å². The van der Waals surface area contributed by atoms with E-state index in [1.165, 1.54) is 6.08 Å². The van der Waals surface area contributed by atoms with Gasteiger partial charge in [0.2, 0.25) is 5.85 Å². The highest BCUT2D eigenvalue weighted by atomic mass is 19.2. The van der Waals surface area contributed by atoms with E-state index in [1.807, 2.05) is 37.3 Å². The molecule has 19 heavy (non-hydrogen) atoms. The van der Waals surface area contributed by atoms with Crippen molar-refractivity contribution in [2.24, 2.45) is 5.92 Å². The predicted molar refractivity (Wildman–Crippen MR) is 74.2 cm³/mol. The van der Waals surface area contributed by atoms with Gasteiger partial charge in [0.05, 0.1) is 5.60 Å². The van der Waals surface area contributed by atoms with Gasteiger partial charge in [0.1, 0.15) is 0 Å². The first-order valence-corrected chi connectivity index (χ1v) is 6.68. The average molecular weight is 264 g/mol. The van der Waals surface area contributed by atoms with Crippen molar-refractivity contribution in [2.45, 2.75) is 44.9 Å². The minimum atomic E-state index is -1.79. The fourth-order valence-electron chi connectivity index (χ4n) is 2.30. The normalized spacial score (nSPS) is 38.6. The van der Waals surface area contributed by atoms with Gasteiger partial charge < -0.3 is 9.47 Å². The molecule has 0 heterocycles. The quantitative estimate of drug-likeness (QED) is 0.713. The molecule has 0 aromatic carbocycles. The maximum absolute atomic E-state index is 14.6. The van der Waals surface area contributed by atoms with Gasteiger partial charge in [-0.15, -0.1) is 0 Å². The number of rotatable bonds is 4. The van der Waals surface area contributed by atoms with Crippen molar-refractivity contribution in [3.8, 4) is 0 Å². The van der Waals surface area contributed by atoms with Crippen LogP contribution in [0.1, 0.15) is 27.2 Å². The van der Waals surface area contributed by atoms with E-state index >= 15 is 0 Å². The Bertz CT molecular complexity index is 438. The van der Waals surface area contributed by atoms with Gasteiger partial charge in [-0.25, -0.2) is 4.39 Å². The summed E-state index contributed by atoms with van der Waals surface area (Å²) < 4.78 is 25.9. The first-order valence-electron chi connectivity index (χ1n) is 6.68. The molecule has 0 aliphatic heterocycles. The van der Waals surface area contributed by atoms with Crippen LogP contribution in [-0.2, 0) is 9.47 Å². The Balaban J connectivity index is 1.96. The van der Waals surface area contributed by atoms with E-state index in [-0.39, 0.29) is 5.92 Å². The summed E-state index contributed by atoms with van der Waals surface area (Å²) in [6.07, 6.45) is 14.8. The maximum Gasteiger partial charge on any atom is 0.236 e. The van der Waals surface area contributed by atoms with E-state index < -0.39 is 17.7 Å². The van der Waals surface area contributed by atoms with Gasteiger partial charge in [-0.3, -0.25) is 0 Å². The molecule has 0 amide bonds. The zero-order chi connectivity index (χ0) is 13.9. The summed E-state index contributed by atoms with van der Waals surface area (Å²) in [6, 6.07) is 0. The second-order valence-corrected chi connectivity index (χ2v) is 5.34. The van der Waals surface area contributed by atoms with Crippen molar-refractivity contribution in [3.05, 3.63) is 48.6 Å². The third kappa shape index (κ3) is 3.43. The molecule has 2 rings (SSSR count). The lowest BCUT2D eigenvalue weighted by molar-refractivity contribution is -0.266. The molecule has 0 bridgehead atoms. The van der Waals surface area contributed by atoms with Crippen LogP contribution in [0.2, 0.25) is 0 Å². The van der Waals surface area contributed by atoms with Gasteiger partial charge in [0.15, 0.2) is 6.29 Å². The van der Waals surface area contributed by atoms with Crippen LogP contribution in [0.15, 0.2) is 48.6 Å². The number of alkyl halides is 1. The van der Waals surface area contributed by atoms with Crippen LogP contribution < -0.4 is 0 Å². The summed E-state index contributed by atoms with van der Waals surface area (Å²) in [5.74, 6) is -2.11. The van der Waals surface area contributed by atoms with Gasteiger partial charge in [0.25, 0.3) is 0 Å². The molecule has 104 valence electrons. The first-order chi connectivity index (χ1) is 8.94. The molecule has 2 aliphatic rings. The SMILES string of the molecule is CC(OC1(C)C=CC=CC1)OC1(F)C=CC=CC1C. The van der Waals surface area contributed by atoms with Crippen molar-refractivity contribution in [1.29, 1.82) is 0 Å². The largest absolute Gasteiger partial charge is 0.342 e. The van der Waals surface area contributed by atoms with E-state index in [2.05, 4.69) is 0 Å². The summed E-state index contributed by atoms with van der Waals surface area (Å²) in [4.78, 5) is 0. The molecule has 4 unspecified atom stereocenters.